The quantitative estimate of drug-likeness (QED) is 0.750. The summed E-state index contributed by atoms with van der Waals surface area (Å²) in [7, 11) is 0. The van der Waals surface area contributed by atoms with Crippen molar-refractivity contribution < 1.29 is 23.5 Å². The first-order valence-electron chi connectivity index (χ1n) is 10.5. The van der Waals surface area contributed by atoms with Crippen LogP contribution in [0.5, 0.6) is 5.75 Å². The molecule has 0 saturated carbocycles. The number of fused-ring (bicyclic) bond motifs is 3. The SMILES string of the molecule is CCN1C(=O)c2c(O)c(=O)c(C(=O)NCc3ccc(F)cc3F)cn2N2[C@H](C)CCC[C@@H]12. The first kappa shape index (κ1) is 21.8. The Morgan fingerprint density at radius 2 is 2.00 bits per heavy atom. The molecule has 0 unspecified atom stereocenters. The third-order valence-electron chi connectivity index (χ3n) is 6.12. The summed E-state index contributed by atoms with van der Waals surface area (Å²) in [5.41, 5.74) is -1.49. The lowest BCUT2D eigenvalue weighted by Crippen LogP contribution is -2.65. The molecular weight excluding hydrogens is 422 g/mol. The van der Waals surface area contributed by atoms with Gasteiger partial charge in [-0.1, -0.05) is 6.07 Å². The standard InChI is InChI=1S/C22H24F2N4O4/c1-3-26-17-6-4-5-12(2)28(17)27-11-15(19(29)20(30)18(27)22(26)32)21(31)25-10-13-7-8-14(23)9-16(13)24/h7-9,11-12,17,30H,3-6,10H2,1-2H3,(H,25,31)/t12-,17+/m1/s1. The highest BCUT2D eigenvalue weighted by atomic mass is 19.1. The largest absolute Gasteiger partial charge is 0.502 e. The maximum Gasteiger partial charge on any atom is 0.278 e. The van der Waals surface area contributed by atoms with Crippen LogP contribution < -0.4 is 15.8 Å². The molecule has 0 radical (unpaired) electrons. The Balaban J connectivity index is 1.72. The monoisotopic (exact) mass is 446 g/mol. The first-order chi connectivity index (χ1) is 15.2. The number of pyridine rings is 1. The van der Waals surface area contributed by atoms with Crippen molar-refractivity contribution >= 4 is 11.8 Å². The number of piperidine rings is 1. The van der Waals surface area contributed by atoms with Gasteiger partial charge in [0.05, 0.1) is 0 Å². The predicted octanol–water partition coefficient (Wildman–Crippen LogP) is 2.07. The van der Waals surface area contributed by atoms with Gasteiger partial charge in [-0.15, -0.1) is 0 Å². The molecule has 2 atom stereocenters. The molecule has 1 aromatic carbocycles. The summed E-state index contributed by atoms with van der Waals surface area (Å²) in [6.07, 6.45) is 3.49. The average Bonchev–Trinajstić information content (AvgIpc) is 2.75. The molecule has 2 aliphatic rings. The number of aromatic nitrogens is 1. The Morgan fingerprint density at radius 1 is 1.25 bits per heavy atom. The zero-order valence-electron chi connectivity index (χ0n) is 17.8. The van der Waals surface area contributed by atoms with E-state index in [4.69, 9.17) is 0 Å². The van der Waals surface area contributed by atoms with Crippen LogP contribution in [0.25, 0.3) is 0 Å². The maximum absolute atomic E-state index is 13.9. The van der Waals surface area contributed by atoms with E-state index in [-0.39, 0.29) is 35.6 Å². The minimum Gasteiger partial charge on any atom is -0.502 e. The number of carbonyl (C=O) groups is 2. The van der Waals surface area contributed by atoms with Crippen molar-refractivity contribution in [3.05, 3.63) is 63.1 Å². The van der Waals surface area contributed by atoms with Crippen LogP contribution in [-0.2, 0) is 6.54 Å². The maximum atomic E-state index is 13.9. The molecule has 1 aromatic heterocycles. The number of rotatable bonds is 4. The van der Waals surface area contributed by atoms with E-state index in [2.05, 4.69) is 5.32 Å². The summed E-state index contributed by atoms with van der Waals surface area (Å²) >= 11 is 0. The third kappa shape index (κ3) is 3.49. The number of nitrogens with one attached hydrogen (secondary N) is 1. The van der Waals surface area contributed by atoms with E-state index in [1.165, 1.54) is 16.9 Å². The molecule has 2 N–H and O–H groups in total. The number of hydrogen-bond acceptors (Lipinski definition) is 5. The highest BCUT2D eigenvalue weighted by Gasteiger charge is 2.43. The van der Waals surface area contributed by atoms with Gasteiger partial charge in [0.25, 0.3) is 11.8 Å². The predicted molar refractivity (Wildman–Crippen MR) is 112 cm³/mol. The van der Waals surface area contributed by atoms with Crippen molar-refractivity contribution in [2.24, 2.45) is 0 Å². The number of aromatic hydroxyl groups is 1. The van der Waals surface area contributed by atoms with Crippen LogP contribution in [0.3, 0.4) is 0 Å². The van der Waals surface area contributed by atoms with Crippen LogP contribution in [0.1, 0.15) is 59.5 Å². The number of nitrogens with zero attached hydrogens (tertiary/aromatic N) is 3. The van der Waals surface area contributed by atoms with E-state index in [0.717, 1.165) is 25.3 Å². The molecule has 0 bridgehead atoms. The normalized spacial score (nSPS) is 20.1. The van der Waals surface area contributed by atoms with E-state index in [9.17, 15) is 28.3 Å². The second kappa shape index (κ2) is 8.25. The first-order valence-corrected chi connectivity index (χ1v) is 10.5. The lowest BCUT2D eigenvalue weighted by molar-refractivity contribution is 0.0499. The van der Waals surface area contributed by atoms with E-state index < -0.39 is 34.6 Å². The summed E-state index contributed by atoms with van der Waals surface area (Å²) in [6.45, 7) is 3.94. The van der Waals surface area contributed by atoms with Gasteiger partial charge in [-0.05, 0) is 39.2 Å². The van der Waals surface area contributed by atoms with Gasteiger partial charge < -0.3 is 15.3 Å². The van der Waals surface area contributed by atoms with Crippen LogP contribution in [0.4, 0.5) is 8.78 Å². The highest BCUT2D eigenvalue weighted by Crippen LogP contribution is 2.32. The average molecular weight is 446 g/mol. The van der Waals surface area contributed by atoms with Crippen molar-refractivity contribution in [1.82, 2.24) is 14.9 Å². The molecule has 32 heavy (non-hydrogen) atoms. The number of carbonyl (C=O) groups excluding carboxylic acids is 2. The number of hydrogen-bond donors (Lipinski definition) is 2. The molecular formula is C22H24F2N4O4. The van der Waals surface area contributed by atoms with E-state index in [0.29, 0.717) is 12.6 Å². The van der Waals surface area contributed by atoms with Gasteiger partial charge >= 0.3 is 0 Å². The highest BCUT2D eigenvalue weighted by molar-refractivity contribution is 5.99. The topological polar surface area (TPSA) is 94.9 Å². The molecule has 1 saturated heterocycles. The molecule has 2 aliphatic heterocycles. The molecule has 4 rings (SSSR count). The Hall–Kier alpha value is -3.43. The molecule has 0 aliphatic carbocycles. The van der Waals surface area contributed by atoms with Gasteiger partial charge in [-0.25, -0.2) is 8.78 Å². The van der Waals surface area contributed by atoms with Crippen LogP contribution in [0.15, 0.2) is 29.2 Å². The van der Waals surface area contributed by atoms with Crippen LogP contribution in [0.2, 0.25) is 0 Å². The molecule has 170 valence electrons. The summed E-state index contributed by atoms with van der Waals surface area (Å²) < 4.78 is 28.4. The number of benzene rings is 1. The zero-order valence-corrected chi connectivity index (χ0v) is 17.8. The van der Waals surface area contributed by atoms with Gasteiger partial charge in [0.15, 0.2) is 11.4 Å². The molecule has 0 spiro atoms. The lowest BCUT2D eigenvalue weighted by atomic mass is 10.00. The fourth-order valence-electron chi connectivity index (χ4n) is 4.50. The molecule has 3 heterocycles. The third-order valence-corrected chi connectivity index (χ3v) is 6.12. The number of halogens is 2. The van der Waals surface area contributed by atoms with Crippen molar-refractivity contribution in [3.63, 3.8) is 0 Å². The van der Waals surface area contributed by atoms with Crippen LogP contribution >= 0.6 is 0 Å². The van der Waals surface area contributed by atoms with Crippen molar-refractivity contribution in [2.75, 3.05) is 11.6 Å². The van der Waals surface area contributed by atoms with Gasteiger partial charge in [0.1, 0.15) is 23.4 Å². The van der Waals surface area contributed by atoms with Crippen LogP contribution in [0, 0.1) is 11.6 Å². The molecule has 10 heteroatoms. The Labute approximate surface area is 183 Å². The van der Waals surface area contributed by atoms with Crippen molar-refractivity contribution in [2.45, 2.75) is 51.9 Å². The van der Waals surface area contributed by atoms with Gasteiger partial charge in [-0.3, -0.25) is 24.1 Å². The second-order valence-electron chi connectivity index (χ2n) is 8.06. The fourth-order valence-corrected chi connectivity index (χ4v) is 4.50. The van der Waals surface area contributed by atoms with Gasteiger partial charge in [0, 0.05) is 37.0 Å². The Morgan fingerprint density at radius 3 is 2.69 bits per heavy atom. The molecule has 8 nitrogen and oxygen atoms in total. The Kier molecular flexibility index (Phi) is 5.62. The van der Waals surface area contributed by atoms with E-state index in [1.807, 2.05) is 18.9 Å². The summed E-state index contributed by atoms with van der Waals surface area (Å²) in [6, 6.07) is 2.96. The van der Waals surface area contributed by atoms with Gasteiger partial charge in [-0.2, -0.15) is 0 Å². The van der Waals surface area contributed by atoms with Crippen molar-refractivity contribution in [3.8, 4) is 5.75 Å². The lowest BCUT2D eigenvalue weighted by Gasteiger charge is -2.51. The smallest absolute Gasteiger partial charge is 0.278 e. The van der Waals surface area contributed by atoms with Crippen LogP contribution in [-0.4, -0.2) is 45.2 Å². The minimum atomic E-state index is -0.985. The second-order valence-corrected chi connectivity index (χ2v) is 8.06. The van der Waals surface area contributed by atoms with E-state index in [1.54, 1.807) is 4.90 Å². The summed E-state index contributed by atoms with van der Waals surface area (Å²) in [5.74, 6) is -3.68. The number of amides is 2. The summed E-state index contributed by atoms with van der Waals surface area (Å²) in [5, 5.41) is 14.9. The molecule has 2 amide bonds. The van der Waals surface area contributed by atoms with Crippen molar-refractivity contribution in [1.29, 1.82) is 0 Å². The van der Waals surface area contributed by atoms with Gasteiger partial charge in [0.2, 0.25) is 5.43 Å². The summed E-state index contributed by atoms with van der Waals surface area (Å²) in [4.78, 5) is 40.2. The molecule has 2 aromatic rings. The zero-order chi connectivity index (χ0) is 23.2. The fraction of sp³-hybridized carbons (Fsp3) is 0.409. The van der Waals surface area contributed by atoms with E-state index >= 15 is 0 Å². The molecule has 1 fully saturated rings. The Bertz CT molecular complexity index is 1150. The minimum absolute atomic E-state index is 0.000717.